The van der Waals surface area contributed by atoms with Crippen LogP contribution in [0.1, 0.15) is 19.3 Å². The Morgan fingerprint density at radius 2 is 2.00 bits per heavy atom. The molecule has 1 amide bonds. The fourth-order valence-electron chi connectivity index (χ4n) is 1.73. The summed E-state index contributed by atoms with van der Waals surface area (Å²) in [6.45, 7) is 0.794. The number of benzene rings is 1. The standard InChI is InChI=1S/C11H12ClNO/c12-9-5-1-2-6-10(9)13-8-4-3-7-11(13)14/h1-2,5-6H,3-4,7-8H2. The van der Waals surface area contributed by atoms with Crippen LogP contribution in [0, 0.1) is 0 Å². The smallest absolute Gasteiger partial charge is 0.227 e. The lowest BCUT2D eigenvalue weighted by atomic mass is 10.1. The quantitative estimate of drug-likeness (QED) is 0.697. The number of carbonyl (C=O) groups excluding carboxylic acids is 1. The molecule has 0 unspecified atom stereocenters. The van der Waals surface area contributed by atoms with Crippen LogP contribution in [0.3, 0.4) is 0 Å². The predicted octanol–water partition coefficient (Wildman–Crippen LogP) is 2.86. The summed E-state index contributed by atoms with van der Waals surface area (Å²) in [4.78, 5) is 13.4. The summed E-state index contributed by atoms with van der Waals surface area (Å²) >= 11 is 6.03. The Bertz CT molecular complexity index is 351. The summed E-state index contributed by atoms with van der Waals surface area (Å²) in [5, 5.41) is 0.655. The van der Waals surface area contributed by atoms with Crippen LogP contribution in [0.4, 0.5) is 5.69 Å². The second kappa shape index (κ2) is 4.01. The average molecular weight is 210 g/mol. The van der Waals surface area contributed by atoms with Crippen molar-refractivity contribution >= 4 is 23.2 Å². The number of amides is 1. The number of nitrogens with zero attached hydrogens (tertiary/aromatic N) is 1. The van der Waals surface area contributed by atoms with E-state index >= 15 is 0 Å². The molecule has 1 saturated heterocycles. The van der Waals surface area contributed by atoms with E-state index in [1.807, 2.05) is 24.3 Å². The summed E-state index contributed by atoms with van der Waals surface area (Å²) in [6, 6.07) is 7.49. The number of rotatable bonds is 1. The molecule has 0 saturated carbocycles. The zero-order valence-electron chi connectivity index (χ0n) is 7.87. The minimum absolute atomic E-state index is 0.185. The molecule has 0 atom stereocenters. The molecule has 0 bridgehead atoms. The van der Waals surface area contributed by atoms with E-state index in [1.54, 1.807) is 4.90 Å². The molecular weight excluding hydrogens is 198 g/mol. The van der Waals surface area contributed by atoms with Crippen molar-refractivity contribution in [1.29, 1.82) is 0 Å². The van der Waals surface area contributed by atoms with Crippen molar-refractivity contribution < 1.29 is 4.79 Å². The molecule has 1 aromatic rings. The molecule has 14 heavy (non-hydrogen) atoms. The topological polar surface area (TPSA) is 20.3 Å². The lowest BCUT2D eigenvalue weighted by Gasteiger charge is -2.27. The second-order valence-electron chi connectivity index (χ2n) is 3.45. The van der Waals surface area contributed by atoms with Crippen LogP contribution in [0.2, 0.25) is 5.02 Å². The van der Waals surface area contributed by atoms with Gasteiger partial charge >= 0.3 is 0 Å². The fraction of sp³-hybridized carbons (Fsp3) is 0.364. The molecule has 1 heterocycles. The number of piperidine rings is 1. The molecule has 1 aromatic carbocycles. The lowest BCUT2D eigenvalue weighted by molar-refractivity contribution is -0.119. The van der Waals surface area contributed by atoms with Crippen molar-refractivity contribution in [2.24, 2.45) is 0 Å². The zero-order chi connectivity index (χ0) is 9.97. The first-order valence-electron chi connectivity index (χ1n) is 4.84. The Morgan fingerprint density at radius 1 is 1.21 bits per heavy atom. The van der Waals surface area contributed by atoms with Gasteiger partial charge in [-0.05, 0) is 25.0 Å². The van der Waals surface area contributed by atoms with Gasteiger partial charge in [-0.1, -0.05) is 23.7 Å². The Balaban J connectivity index is 2.29. The van der Waals surface area contributed by atoms with Gasteiger partial charge in [0.05, 0.1) is 10.7 Å². The van der Waals surface area contributed by atoms with Crippen LogP contribution in [0.5, 0.6) is 0 Å². The van der Waals surface area contributed by atoms with Gasteiger partial charge in [-0.3, -0.25) is 4.79 Å². The highest BCUT2D eigenvalue weighted by molar-refractivity contribution is 6.33. The van der Waals surface area contributed by atoms with E-state index in [-0.39, 0.29) is 5.91 Å². The largest absolute Gasteiger partial charge is 0.311 e. The molecule has 2 nitrogen and oxygen atoms in total. The molecule has 0 aromatic heterocycles. The molecule has 1 aliphatic heterocycles. The van der Waals surface area contributed by atoms with Crippen molar-refractivity contribution in [1.82, 2.24) is 0 Å². The number of halogens is 1. The van der Waals surface area contributed by atoms with Crippen LogP contribution < -0.4 is 4.90 Å². The molecule has 74 valence electrons. The van der Waals surface area contributed by atoms with Gasteiger partial charge in [0.25, 0.3) is 0 Å². The summed E-state index contributed by atoms with van der Waals surface area (Å²) in [6.07, 6.45) is 2.71. The maximum atomic E-state index is 11.6. The summed E-state index contributed by atoms with van der Waals surface area (Å²) in [5.41, 5.74) is 0.846. The van der Waals surface area contributed by atoms with E-state index in [1.165, 1.54) is 0 Å². The normalized spacial score (nSPS) is 17.2. The van der Waals surface area contributed by atoms with Crippen LogP contribution in [0.25, 0.3) is 0 Å². The number of carbonyl (C=O) groups is 1. The third kappa shape index (κ3) is 1.75. The Labute approximate surface area is 88.5 Å². The summed E-state index contributed by atoms with van der Waals surface area (Å²) in [5.74, 6) is 0.185. The second-order valence-corrected chi connectivity index (χ2v) is 3.86. The van der Waals surface area contributed by atoms with Gasteiger partial charge in [0.2, 0.25) is 5.91 Å². The highest BCUT2D eigenvalue weighted by Gasteiger charge is 2.20. The number of anilines is 1. The molecule has 3 heteroatoms. The highest BCUT2D eigenvalue weighted by atomic mass is 35.5. The van der Waals surface area contributed by atoms with E-state index in [0.29, 0.717) is 11.4 Å². The van der Waals surface area contributed by atoms with Crippen LogP contribution in [0.15, 0.2) is 24.3 Å². The third-order valence-corrected chi connectivity index (χ3v) is 2.79. The molecule has 2 rings (SSSR count). The maximum Gasteiger partial charge on any atom is 0.227 e. The number of para-hydroxylation sites is 1. The van der Waals surface area contributed by atoms with Gasteiger partial charge in [-0.15, -0.1) is 0 Å². The number of hydrogen-bond acceptors (Lipinski definition) is 1. The van der Waals surface area contributed by atoms with Crippen molar-refractivity contribution in [3.05, 3.63) is 29.3 Å². The van der Waals surface area contributed by atoms with E-state index in [9.17, 15) is 4.79 Å². The monoisotopic (exact) mass is 209 g/mol. The maximum absolute atomic E-state index is 11.6. The van der Waals surface area contributed by atoms with Crippen LogP contribution in [-0.2, 0) is 4.79 Å². The molecule has 1 aliphatic rings. The first-order chi connectivity index (χ1) is 6.79. The van der Waals surface area contributed by atoms with Gasteiger partial charge in [-0.25, -0.2) is 0 Å². The van der Waals surface area contributed by atoms with Crippen molar-refractivity contribution in [2.45, 2.75) is 19.3 Å². The minimum atomic E-state index is 0.185. The molecular formula is C11H12ClNO. The molecule has 0 N–H and O–H groups in total. The van der Waals surface area contributed by atoms with E-state index in [0.717, 1.165) is 25.1 Å². The van der Waals surface area contributed by atoms with Crippen molar-refractivity contribution in [2.75, 3.05) is 11.4 Å². The van der Waals surface area contributed by atoms with Gasteiger partial charge in [0.15, 0.2) is 0 Å². The molecule has 0 radical (unpaired) electrons. The van der Waals surface area contributed by atoms with Gasteiger partial charge < -0.3 is 4.90 Å². The van der Waals surface area contributed by atoms with E-state index in [4.69, 9.17) is 11.6 Å². The SMILES string of the molecule is O=C1CCCCN1c1ccccc1Cl. The first kappa shape index (κ1) is 9.53. The predicted molar refractivity (Wildman–Crippen MR) is 57.7 cm³/mol. The average Bonchev–Trinajstić information content (AvgIpc) is 2.20. The first-order valence-corrected chi connectivity index (χ1v) is 5.22. The zero-order valence-corrected chi connectivity index (χ0v) is 8.63. The highest BCUT2D eigenvalue weighted by Crippen LogP contribution is 2.28. The lowest BCUT2D eigenvalue weighted by Crippen LogP contribution is -2.35. The van der Waals surface area contributed by atoms with E-state index in [2.05, 4.69) is 0 Å². The molecule has 0 spiro atoms. The van der Waals surface area contributed by atoms with Crippen LogP contribution in [-0.4, -0.2) is 12.5 Å². The van der Waals surface area contributed by atoms with Crippen molar-refractivity contribution in [3.8, 4) is 0 Å². The third-order valence-electron chi connectivity index (χ3n) is 2.47. The Hall–Kier alpha value is -1.02. The Kier molecular flexibility index (Phi) is 2.73. The molecule has 1 fully saturated rings. The summed E-state index contributed by atoms with van der Waals surface area (Å²) in [7, 11) is 0. The van der Waals surface area contributed by atoms with Crippen LogP contribution >= 0.6 is 11.6 Å². The van der Waals surface area contributed by atoms with Crippen molar-refractivity contribution in [3.63, 3.8) is 0 Å². The number of hydrogen-bond donors (Lipinski definition) is 0. The Morgan fingerprint density at radius 3 is 2.71 bits per heavy atom. The van der Waals surface area contributed by atoms with E-state index < -0.39 is 0 Å². The molecule has 0 aliphatic carbocycles. The van der Waals surface area contributed by atoms with Gasteiger partial charge in [0.1, 0.15) is 0 Å². The van der Waals surface area contributed by atoms with Gasteiger partial charge in [0, 0.05) is 13.0 Å². The fourth-order valence-corrected chi connectivity index (χ4v) is 1.97. The van der Waals surface area contributed by atoms with Gasteiger partial charge in [-0.2, -0.15) is 0 Å². The minimum Gasteiger partial charge on any atom is -0.311 e. The summed E-state index contributed by atoms with van der Waals surface area (Å²) < 4.78 is 0.